The van der Waals surface area contributed by atoms with Gasteiger partial charge < -0.3 is 15.0 Å². The number of ether oxygens (including phenoxy) is 1. The fourth-order valence-electron chi connectivity index (χ4n) is 3.78. The van der Waals surface area contributed by atoms with E-state index in [2.05, 4.69) is 24.3 Å². The standard InChI is InChI=1S/C16H28N4O2/c1-6-16(7-2)13(10-14(16)22-5)19(3)15(21)17-11-12-8-9-18-20(12)4/h8-9,13-14H,6-7,10-11H2,1-5H3,(H,17,21)/t13-,14-/m0/s1. The van der Waals surface area contributed by atoms with Crippen molar-refractivity contribution in [2.45, 2.75) is 51.8 Å². The summed E-state index contributed by atoms with van der Waals surface area (Å²) in [7, 11) is 5.53. The first-order valence-corrected chi connectivity index (χ1v) is 8.00. The summed E-state index contributed by atoms with van der Waals surface area (Å²) < 4.78 is 7.38. The number of nitrogens with zero attached hydrogens (tertiary/aromatic N) is 3. The van der Waals surface area contributed by atoms with Crippen LogP contribution in [0.2, 0.25) is 0 Å². The molecule has 1 aliphatic rings. The van der Waals surface area contributed by atoms with Gasteiger partial charge in [-0.15, -0.1) is 0 Å². The average molecular weight is 308 g/mol. The molecule has 0 radical (unpaired) electrons. The zero-order valence-electron chi connectivity index (χ0n) is 14.3. The van der Waals surface area contributed by atoms with Crippen LogP contribution in [0.4, 0.5) is 4.79 Å². The molecule has 0 saturated heterocycles. The molecule has 124 valence electrons. The Morgan fingerprint density at radius 2 is 2.23 bits per heavy atom. The van der Waals surface area contributed by atoms with Crippen LogP contribution in [0.15, 0.2) is 12.3 Å². The van der Waals surface area contributed by atoms with Crippen LogP contribution in [0.1, 0.15) is 38.8 Å². The molecular formula is C16H28N4O2. The van der Waals surface area contributed by atoms with E-state index in [9.17, 15) is 4.79 Å². The van der Waals surface area contributed by atoms with Crippen molar-refractivity contribution in [2.24, 2.45) is 12.5 Å². The number of nitrogens with one attached hydrogen (secondary N) is 1. The van der Waals surface area contributed by atoms with Gasteiger partial charge in [0.05, 0.1) is 18.3 Å². The monoisotopic (exact) mass is 308 g/mol. The number of carbonyl (C=O) groups excluding carboxylic acids is 1. The molecule has 1 heterocycles. The van der Waals surface area contributed by atoms with Crippen LogP contribution in [0.3, 0.4) is 0 Å². The maximum Gasteiger partial charge on any atom is 0.317 e. The van der Waals surface area contributed by atoms with Crippen LogP contribution >= 0.6 is 0 Å². The molecule has 2 rings (SSSR count). The van der Waals surface area contributed by atoms with E-state index in [1.54, 1.807) is 18.0 Å². The van der Waals surface area contributed by atoms with Gasteiger partial charge in [0.2, 0.25) is 0 Å². The van der Waals surface area contributed by atoms with Gasteiger partial charge in [0.25, 0.3) is 0 Å². The Balaban J connectivity index is 1.97. The maximum atomic E-state index is 12.4. The second-order valence-electron chi connectivity index (χ2n) is 6.13. The summed E-state index contributed by atoms with van der Waals surface area (Å²) in [5, 5.41) is 7.09. The van der Waals surface area contributed by atoms with Crippen LogP contribution in [0.5, 0.6) is 0 Å². The highest BCUT2D eigenvalue weighted by Gasteiger charge is 2.55. The minimum absolute atomic E-state index is 0.0352. The Kier molecular flexibility index (Phi) is 5.11. The quantitative estimate of drug-likeness (QED) is 0.876. The van der Waals surface area contributed by atoms with Gasteiger partial charge in [-0.05, 0) is 25.3 Å². The summed E-state index contributed by atoms with van der Waals surface area (Å²) in [6.45, 7) is 4.86. The molecule has 0 unspecified atom stereocenters. The molecule has 6 nitrogen and oxygen atoms in total. The van der Waals surface area contributed by atoms with Crippen molar-refractivity contribution in [1.82, 2.24) is 20.0 Å². The number of aryl methyl sites for hydroxylation is 1. The van der Waals surface area contributed by atoms with Crippen molar-refractivity contribution >= 4 is 6.03 Å². The molecule has 2 atom stereocenters. The Morgan fingerprint density at radius 1 is 1.55 bits per heavy atom. The summed E-state index contributed by atoms with van der Waals surface area (Å²) in [5.41, 5.74) is 1.07. The number of methoxy groups -OCH3 is 1. The molecule has 1 fully saturated rings. The van der Waals surface area contributed by atoms with Crippen molar-refractivity contribution in [1.29, 1.82) is 0 Å². The Bertz CT molecular complexity index is 510. The highest BCUT2D eigenvalue weighted by Crippen LogP contribution is 2.50. The fraction of sp³-hybridized carbons (Fsp3) is 0.750. The molecule has 0 aromatic carbocycles. The predicted octanol–water partition coefficient (Wildman–Crippen LogP) is 2.16. The second kappa shape index (κ2) is 6.69. The third-order valence-corrected chi connectivity index (χ3v) is 5.47. The Morgan fingerprint density at radius 3 is 2.73 bits per heavy atom. The SMILES string of the molecule is CCC1(CC)[C@@H](OC)C[C@@H]1N(C)C(=O)NCc1ccnn1C. The van der Waals surface area contributed by atoms with E-state index in [0.29, 0.717) is 6.54 Å². The fourth-order valence-corrected chi connectivity index (χ4v) is 3.78. The molecule has 2 amide bonds. The minimum atomic E-state index is -0.0352. The lowest BCUT2D eigenvalue weighted by atomic mass is 9.58. The first kappa shape index (κ1) is 16.8. The average Bonchev–Trinajstić information content (AvgIpc) is 2.91. The number of aromatic nitrogens is 2. The van der Waals surface area contributed by atoms with Crippen LogP contribution < -0.4 is 5.32 Å². The van der Waals surface area contributed by atoms with Crippen LogP contribution in [-0.4, -0.2) is 47.0 Å². The van der Waals surface area contributed by atoms with Gasteiger partial charge in [-0.3, -0.25) is 4.68 Å². The van der Waals surface area contributed by atoms with Crippen molar-refractivity contribution in [3.63, 3.8) is 0 Å². The van der Waals surface area contributed by atoms with Crippen LogP contribution in [0.25, 0.3) is 0 Å². The summed E-state index contributed by atoms with van der Waals surface area (Å²) in [6.07, 6.45) is 4.94. The van der Waals surface area contributed by atoms with Gasteiger partial charge in [-0.1, -0.05) is 13.8 Å². The molecule has 1 saturated carbocycles. The third kappa shape index (κ3) is 2.72. The number of carbonyl (C=O) groups is 1. The van der Waals surface area contributed by atoms with Gasteiger partial charge in [0.15, 0.2) is 0 Å². The molecule has 1 aromatic rings. The lowest BCUT2D eigenvalue weighted by Crippen LogP contribution is -2.65. The van der Waals surface area contributed by atoms with E-state index in [0.717, 1.165) is 25.0 Å². The van der Waals surface area contributed by atoms with Crippen molar-refractivity contribution in [3.8, 4) is 0 Å². The summed E-state index contributed by atoms with van der Waals surface area (Å²) in [5.74, 6) is 0. The highest BCUT2D eigenvalue weighted by atomic mass is 16.5. The van der Waals surface area contributed by atoms with E-state index in [-0.39, 0.29) is 23.6 Å². The zero-order valence-corrected chi connectivity index (χ0v) is 14.3. The molecule has 0 bridgehead atoms. The van der Waals surface area contributed by atoms with Crippen molar-refractivity contribution < 1.29 is 9.53 Å². The summed E-state index contributed by atoms with van der Waals surface area (Å²) in [4.78, 5) is 14.3. The molecule has 0 spiro atoms. The van der Waals surface area contributed by atoms with Gasteiger partial charge in [0, 0.05) is 38.9 Å². The maximum absolute atomic E-state index is 12.4. The van der Waals surface area contributed by atoms with E-state index in [1.807, 2.05) is 25.1 Å². The molecule has 22 heavy (non-hydrogen) atoms. The van der Waals surface area contributed by atoms with Crippen LogP contribution in [0, 0.1) is 5.41 Å². The minimum Gasteiger partial charge on any atom is -0.381 e. The van der Waals surface area contributed by atoms with Gasteiger partial charge in [0.1, 0.15) is 0 Å². The topological polar surface area (TPSA) is 59.4 Å². The lowest BCUT2D eigenvalue weighted by molar-refractivity contribution is -0.146. The van der Waals surface area contributed by atoms with E-state index >= 15 is 0 Å². The van der Waals surface area contributed by atoms with E-state index in [4.69, 9.17) is 4.74 Å². The zero-order chi connectivity index (χ0) is 16.3. The number of hydrogen-bond acceptors (Lipinski definition) is 3. The first-order valence-electron chi connectivity index (χ1n) is 8.00. The molecule has 0 aliphatic heterocycles. The van der Waals surface area contributed by atoms with Gasteiger partial charge in [-0.2, -0.15) is 5.10 Å². The lowest BCUT2D eigenvalue weighted by Gasteiger charge is -2.57. The van der Waals surface area contributed by atoms with Gasteiger partial charge in [-0.25, -0.2) is 4.79 Å². The number of rotatable bonds is 6. The second-order valence-corrected chi connectivity index (χ2v) is 6.13. The Labute approximate surface area is 132 Å². The van der Waals surface area contributed by atoms with Crippen molar-refractivity contribution in [3.05, 3.63) is 18.0 Å². The molecular weight excluding hydrogens is 280 g/mol. The first-order chi connectivity index (χ1) is 10.5. The molecule has 1 aliphatic carbocycles. The number of amides is 2. The largest absolute Gasteiger partial charge is 0.381 e. The summed E-state index contributed by atoms with van der Waals surface area (Å²) in [6, 6.07) is 2.11. The molecule has 6 heteroatoms. The van der Waals surface area contributed by atoms with E-state index in [1.165, 1.54) is 0 Å². The highest BCUT2D eigenvalue weighted by molar-refractivity contribution is 5.74. The van der Waals surface area contributed by atoms with Gasteiger partial charge >= 0.3 is 6.03 Å². The smallest absolute Gasteiger partial charge is 0.317 e. The van der Waals surface area contributed by atoms with E-state index < -0.39 is 0 Å². The summed E-state index contributed by atoms with van der Waals surface area (Å²) >= 11 is 0. The van der Waals surface area contributed by atoms with Crippen LogP contribution in [-0.2, 0) is 18.3 Å². The molecule has 1 aromatic heterocycles. The third-order valence-electron chi connectivity index (χ3n) is 5.47. The number of hydrogen-bond donors (Lipinski definition) is 1. The predicted molar refractivity (Wildman–Crippen MR) is 85.4 cm³/mol. The van der Waals surface area contributed by atoms with Crippen molar-refractivity contribution in [2.75, 3.05) is 14.2 Å². The molecule has 1 N–H and O–H groups in total. The number of urea groups is 1. The Hall–Kier alpha value is -1.56. The normalized spacial score (nSPS) is 23.0.